The van der Waals surface area contributed by atoms with Crippen molar-refractivity contribution in [2.75, 3.05) is 70.5 Å². The quantitative estimate of drug-likeness (QED) is 0.00920. The molecule has 356 valence electrons. The first-order chi connectivity index (χ1) is 32.8. The Hall–Kier alpha value is -7.72. The number of benzene rings is 4. The first-order valence-electron chi connectivity index (χ1n) is 20.4. The molecule has 24 nitrogen and oxygen atoms in total. The van der Waals surface area contributed by atoms with E-state index in [1.807, 2.05) is 24.3 Å². The van der Waals surface area contributed by atoms with Crippen LogP contribution in [0.2, 0.25) is 0 Å². The van der Waals surface area contributed by atoms with Gasteiger partial charge in [0.25, 0.3) is 10.1 Å². The number of carbonyl (C=O) groups excluding carboxylic acids is 2. The number of nitrogens with zero attached hydrogens (tertiary/aromatic N) is 8. The SMILES string of the molecule is NC(=O)CCN(CCO)c1nc(Nc2ccccc2)nc(Nc2ccc(/C=C/c3ccc(Nc4nc(Nc5ccccc5)nc(N(CCO)CCC(N)=O)n4)cc3S(=O)(=O)O)c(OOOS)c2)n1. The first-order valence-corrected chi connectivity index (χ1v) is 22.2. The molecule has 2 aromatic heterocycles. The predicted molar refractivity (Wildman–Crippen MR) is 255 cm³/mol. The molecule has 0 spiro atoms. The molecule has 0 fully saturated rings. The minimum Gasteiger partial charge on any atom is -0.395 e. The maximum Gasteiger partial charge on any atom is 0.295 e. The lowest BCUT2D eigenvalue weighted by Gasteiger charge is -2.22. The van der Waals surface area contributed by atoms with Crippen molar-refractivity contribution in [1.82, 2.24) is 29.9 Å². The molecule has 0 aliphatic heterocycles. The number of nitrogens with one attached hydrogen (secondary N) is 4. The smallest absolute Gasteiger partial charge is 0.295 e. The van der Waals surface area contributed by atoms with Gasteiger partial charge in [-0.1, -0.05) is 54.6 Å². The Morgan fingerprint density at radius 1 is 0.603 bits per heavy atom. The Morgan fingerprint density at radius 3 is 1.46 bits per heavy atom. The topological polar surface area (TPSA) is 341 Å². The van der Waals surface area contributed by atoms with Crippen LogP contribution < -0.4 is 47.4 Å². The van der Waals surface area contributed by atoms with Crippen molar-refractivity contribution in [3.8, 4) is 5.75 Å². The van der Waals surface area contributed by atoms with E-state index in [0.29, 0.717) is 22.6 Å². The highest BCUT2D eigenvalue weighted by Crippen LogP contribution is 2.31. The van der Waals surface area contributed by atoms with Crippen molar-refractivity contribution in [1.29, 1.82) is 0 Å². The minimum absolute atomic E-state index is 0.0314. The number of aliphatic hydroxyl groups excluding tert-OH is 2. The number of carbonyl (C=O) groups is 2. The number of anilines is 10. The Bertz CT molecular complexity index is 2800. The number of aromatic nitrogens is 6. The number of primary amides is 2. The Labute approximate surface area is 394 Å². The predicted octanol–water partition coefficient (Wildman–Crippen LogP) is 3.88. The molecule has 0 aliphatic rings. The summed E-state index contributed by atoms with van der Waals surface area (Å²) in [6.45, 7) is -0.240. The third kappa shape index (κ3) is 14.9. The van der Waals surface area contributed by atoms with Crippen molar-refractivity contribution in [2.24, 2.45) is 11.5 Å². The molecule has 0 bridgehead atoms. The van der Waals surface area contributed by atoms with Crippen LogP contribution in [0.1, 0.15) is 24.0 Å². The van der Waals surface area contributed by atoms with Gasteiger partial charge in [-0.15, -0.1) is 4.33 Å². The normalized spacial score (nSPS) is 11.2. The third-order valence-corrected chi connectivity index (χ3v) is 10.3. The minimum atomic E-state index is -4.85. The molecule has 0 radical (unpaired) electrons. The Balaban J connectivity index is 1.30. The van der Waals surface area contributed by atoms with Crippen LogP contribution in [0.15, 0.2) is 102 Å². The van der Waals surface area contributed by atoms with Crippen LogP contribution in [0.5, 0.6) is 5.75 Å². The van der Waals surface area contributed by atoms with Crippen LogP contribution >= 0.6 is 12.9 Å². The number of amides is 2. The molecular weight excluding hydrogens is 925 g/mol. The summed E-state index contributed by atoms with van der Waals surface area (Å²) in [4.78, 5) is 58.1. The van der Waals surface area contributed by atoms with Gasteiger partial charge in [-0.3, -0.25) is 14.1 Å². The Morgan fingerprint density at radius 2 is 1.03 bits per heavy atom. The highest BCUT2D eigenvalue weighted by Gasteiger charge is 2.20. The fourth-order valence-corrected chi connectivity index (χ4v) is 6.92. The lowest BCUT2D eigenvalue weighted by Crippen LogP contribution is -2.32. The van der Waals surface area contributed by atoms with Crippen molar-refractivity contribution in [3.63, 3.8) is 0 Å². The molecule has 11 N–H and O–H groups in total. The van der Waals surface area contributed by atoms with Gasteiger partial charge < -0.3 is 57.6 Å². The molecule has 0 aliphatic carbocycles. The van der Waals surface area contributed by atoms with E-state index in [1.165, 1.54) is 41.3 Å². The average Bonchev–Trinajstić information content (AvgIpc) is 3.31. The van der Waals surface area contributed by atoms with Gasteiger partial charge in [0.1, 0.15) is 4.90 Å². The highest BCUT2D eigenvalue weighted by atomic mass is 32.2. The van der Waals surface area contributed by atoms with Gasteiger partial charge in [-0.2, -0.15) is 38.3 Å². The molecule has 6 rings (SSSR count). The number of rotatable bonds is 26. The lowest BCUT2D eigenvalue weighted by molar-refractivity contribution is -0.402. The number of hydrogen-bond acceptors (Lipinski definition) is 22. The van der Waals surface area contributed by atoms with Gasteiger partial charge in [-0.05, 0) is 59.1 Å². The number of para-hydroxylation sites is 2. The zero-order chi connectivity index (χ0) is 48.5. The monoisotopic (exact) mass is 970 g/mol. The van der Waals surface area contributed by atoms with Gasteiger partial charge in [0.15, 0.2) is 5.75 Å². The van der Waals surface area contributed by atoms with Gasteiger partial charge in [0, 0.05) is 86.3 Å². The molecule has 2 heterocycles. The Kier molecular flexibility index (Phi) is 17.7. The number of thiol groups is 1. The summed E-state index contributed by atoms with van der Waals surface area (Å²) in [5, 5.41) is 36.4. The average molecular weight is 971 g/mol. The van der Waals surface area contributed by atoms with Crippen molar-refractivity contribution >= 4 is 105 Å². The van der Waals surface area contributed by atoms with Crippen LogP contribution in [-0.2, 0) is 29.1 Å². The maximum atomic E-state index is 12.8. The summed E-state index contributed by atoms with van der Waals surface area (Å²) in [6.07, 6.45) is 2.79. The zero-order valence-corrected chi connectivity index (χ0v) is 37.5. The highest BCUT2D eigenvalue weighted by molar-refractivity contribution is 7.86. The summed E-state index contributed by atoms with van der Waals surface area (Å²) in [5.74, 6) is -0.695. The molecule has 0 atom stereocenters. The van der Waals surface area contributed by atoms with Crippen LogP contribution in [0, 0.1) is 0 Å². The van der Waals surface area contributed by atoms with E-state index in [1.54, 1.807) is 53.4 Å². The van der Waals surface area contributed by atoms with E-state index >= 15 is 0 Å². The summed E-state index contributed by atoms with van der Waals surface area (Å²) >= 11 is 3.58. The van der Waals surface area contributed by atoms with Crippen molar-refractivity contribution < 1.29 is 47.0 Å². The lowest BCUT2D eigenvalue weighted by atomic mass is 10.1. The molecule has 26 heteroatoms. The molecule has 4 aromatic carbocycles. The van der Waals surface area contributed by atoms with Crippen LogP contribution in [-0.4, -0.2) is 104 Å². The summed E-state index contributed by atoms with van der Waals surface area (Å²) in [5.41, 5.74) is 13.0. The molecule has 6 aromatic rings. The first kappa shape index (κ1) is 49.7. The van der Waals surface area contributed by atoms with Crippen LogP contribution in [0.4, 0.5) is 58.4 Å². The van der Waals surface area contributed by atoms with E-state index in [-0.39, 0.29) is 105 Å². The molecule has 0 saturated carbocycles. The summed E-state index contributed by atoms with van der Waals surface area (Å²) < 4.78 is 40.4. The number of nitrogens with two attached hydrogens (primary N) is 2. The van der Waals surface area contributed by atoms with Gasteiger partial charge in [-0.25, -0.2) is 0 Å². The number of hydrogen-bond donors (Lipinski definition) is 10. The standard InChI is InChI=1S/C42H46N14O10S2/c43-35(59)17-19-55(21-23-57)41-51-37(45-29-7-3-1-4-8-29)49-39(53-41)47-31-15-13-27(33(25-31)64-65-66-67)11-12-28-14-16-32(26-34(28)68(61,62)63)48-40-50-38(46-30-9-5-2-6-10-30)52-42(54-40)56(22-24-58)20-18-36(44)60/h1-16,25-26,57-58,67H,17-24H2,(H2,43,59)(H2,44,60)(H,61,62,63)(H2,45,47,49,51,53)(H2,46,48,50,52,54)/b12-11+. The molecule has 0 unspecified atom stereocenters. The third-order valence-electron chi connectivity index (χ3n) is 9.28. The second-order valence-electron chi connectivity index (χ2n) is 14.2. The van der Waals surface area contributed by atoms with Gasteiger partial charge in [0.05, 0.1) is 13.2 Å². The molecule has 68 heavy (non-hydrogen) atoms. The van der Waals surface area contributed by atoms with Gasteiger partial charge in [0.2, 0.25) is 47.5 Å². The van der Waals surface area contributed by atoms with Crippen LogP contribution in [0.3, 0.4) is 0 Å². The largest absolute Gasteiger partial charge is 0.395 e. The summed E-state index contributed by atoms with van der Waals surface area (Å²) in [6, 6.07) is 26.9. The summed E-state index contributed by atoms with van der Waals surface area (Å²) in [7, 11) is -4.85. The second-order valence-corrected chi connectivity index (χ2v) is 15.7. The van der Waals surface area contributed by atoms with E-state index < -0.39 is 26.8 Å². The zero-order valence-electron chi connectivity index (χ0n) is 35.8. The number of aliphatic hydroxyl groups is 2. The maximum absolute atomic E-state index is 12.8. The van der Waals surface area contributed by atoms with Crippen LogP contribution in [0.25, 0.3) is 12.2 Å². The fourth-order valence-electron chi connectivity index (χ4n) is 6.18. The van der Waals surface area contributed by atoms with E-state index in [0.717, 1.165) is 0 Å². The van der Waals surface area contributed by atoms with E-state index in [9.17, 15) is 32.8 Å². The molecule has 2 amide bonds. The molecule has 0 saturated heterocycles. The van der Waals surface area contributed by atoms with Crippen molar-refractivity contribution in [2.45, 2.75) is 17.7 Å². The van der Waals surface area contributed by atoms with Gasteiger partial charge >= 0.3 is 0 Å². The molecular formula is C42H46N14O10S2. The van der Waals surface area contributed by atoms with Crippen molar-refractivity contribution in [3.05, 3.63) is 108 Å². The van der Waals surface area contributed by atoms with E-state index in [4.69, 9.17) is 16.4 Å². The van der Waals surface area contributed by atoms with E-state index in [2.05, 4.69) is 73.5 Å². The fraction of sp³-hybridized carbons (Fsp3) is 0.190. The second kappa shape index (κ2) is 24.2.